The number of rotatable bonds is 3. The average molecular weight is 257 g/mol. The van der Waals surface area contributed by atoms with Crippen molar-refractivity contribution in [2.24, 2.45) is 0 Å². The van der Waals surface area contributed by atoms with Gasteiger partial charge in [0, 0.05) is 0 Å². The maximum atomic E-state index is 9.68. The minimum atomic E-state index is -1.17. The first-order chi connectivity index (χ1) is 8.52. The first-order valence-corrected chi connectivity index (χ1v) is 5.36. The monoisotopic (exact) mass is 257 g/mol. The summed E-state index contributed by atoms with van der Waals surface area (Å²) in [7, 11) is 0. The Bertz CT molecular complexity index is 429. The molecule has 7 N–H and O–H groups in total. The zero-order valence-electron chi connectivity index (χ0n) is 9.57. The molecule has 4 unspecified atom stereocenters. The van der Waals surface area contributed by atoms with Crippen molar-refractivity contribution >= 4 is 5.82 Å². The lowest BCUT2D eigenvalue weighted by Gasteiger charge is -2.29. The Morgan fingerprint density at radius 1 is 1.44 bits per heavy atom. The van der Waals surface area contributed by atoms with E-state index >= 15 is 0 Å². The minimum Gasteiger partial charge on any atom is -0.390 e. The van der Waals surface area contributed by atoms with Crippen molar-refractivity contribution in [1.29, 1.82) is 0 Å². The fraction of sp³-hybridized carbons (Fsp3) is 0.556. The molecule has 0 amide bonds. The highest BCUT2D eigenvalue weighted by atomic mass is 16.5. The number of fused-ring (bicyclic) bond motifs is 1. The van der Waals surface area contributed by atoms with E-state index in [1.54, 1.807) is 0 Å². The minimum absolute atomic E-state index is 0.169. The predicted octanol–water partition coefficient (Wildman–Crippen LogP) is -1.84. The molecule has 100 valence electrons. The van der Waals surface area contributed by atoms with Crippen LogP contribution < -0.4 is 16.1 Å². The van der Waals surface area contributed by atoms with Crippen LogP contribution in [0.25, 0.3) is 0 Å². The van der Waals surface area contributed by atoms with Gasteiger partial charge in [-0.05, 0) is 6.92 Å². The lowest BCUT2D eigenvalue weighted by atomic mass is 10.1. The molecule has 0 saturated heterocycles. The second kappa shape index (κ2) is 5.10. The van der Waals surface area contributed by atoms with Gasteiger partial charge in [-0.3, -0.25) is 10.3 Å². The zero-order chi connectivity index (χ0) is 13.3. The number of aliphatic hydroxyl groups excluding tert-OH is 3. The molecule has 0 radical (unpaired) electrons. The fourth-order valence-electron chi connectivity index (χ4n) is 1.59. The van der Waals surface area contributed by atoms with Crippen molar-refractivity contribution < 1.29 is 20.5 Å². The maximum absolute atomic E-state index is 9.68. The molecule has 2 heterocycles. The summed E-state index contributed by atoms with van der Waals surface area (Å²) in [5, 5.41) is 42.7. The molecule has 9 heteroatoms. The third kappa shape index (κ3) is 2.41. The lowest BCUT2D eigenvalue weighted by molar-refractivity contribution is 0.0269. The number of nitrogens with one attached hydrogen (secondary N) is 3. The van der Waals surface area contributed by atoms with Crippen LogP contribution in [0.3, 0.4) is 0 Å². The molecule has 1 aromatic rings. The second-order valence-electron chi connectivity index (χ2n) is 3.99. The van der Waals surface area contributed by atoms with Crippen LogP contribution in [0.1, 0.15) is 30.6 Å². The highest BCUT2D eigenvalue weighted by Gasteiger charge is 2.27. The first-order valence-electron chi connectivity index (χ1n) is 5.36. The van der Waals surface area contributed by atoms with Gasteiger partial charge >= 0.3 is 0 Å². The molecule has 0 bridgehead atoms. The van der Waals surface area contributed by atoms with Crippen molar-refractivity contribution in [1.82, 2.24) is 20.8 Å². The van der Waals surface area contributed by atoms with Gasteiger partial charge in [-0.2, -0.15) is 5.48 Å². The van der Waals surface area contributed by atoms with E-state index in [9.17, 15) is 15.3 Å². The van der Waals surface area contributed by atoms with Gasteiger partial charge in [-0.15, -0.1) is 0 Å². The van der Waals surface area contributed by atoms with E-state index in [0.29, 0.717) is 0 Å². The Morgan fingerprint density at radius 3 is 2.78 bits per heavy atom. The summed E-state index contributed by atoms with van der Waals surface area (Å²) in [5.74, 6) is 0.213. The van der Waals surface area contributed by atoms with Gasteiger partial charge in [0.05, 0.1) is 18.0 Å². The summed E-state index contributed by atoms with van der Waals surface area (Å²) in [5.41, 5.74) is 2.29. The molecule has 2 rings (SSSR count). The van der Waals surface area contributed by atoms with Gasteiger partial charge < -0.3 is 25.8 Å². The van der Waals surface area contributed by atoms with Crippen LogP contribution >= 0.6 is 0 Å². The molecule has 9 nitrogen and oxygen atoms in total. The van der Waals surface area contributed by atoms with Crippen LogP contribution in [0.15, 0.2) is 6.20 Å². The number of hydroxylamine groups is 1. The van der Waals surface area contributed by atoms with E-state index in [0.717, 1.165) is 0 Å². The molecule has 0 aromatic carbocycles. The summed E-state index contributed by atoms with van der Waals surface area (Å²) in [6, 6.07) is 0. The number of aromatic nitrogens is 2. The fourth-order valence-corrected chi connectivity index (χ4v) is 1.59. The Labute approximate surface area is 102 Å². The van der Waals surface area contributed by atoms with Crippen LogP contribution in [-0.4, -0.2) is 42.9 Å². The number of aliphatic hydroxyl groups is 3. The third-order valence-electron chi connectivity index (χ3n) is 2.57. The van der Waals surface area contributed by atoms with Gasteiger partial charge in [0.15, 0.2) is 18.3 Å². The first kappa shape index (κ1) is 13.1. The van der Waals surface area contributed by atoms with Crippen molar-refractivity contribution in [3.63, 3.8) is 0 Å². The standard InChI is InChI=1S/C9H15N5O4/c1-3(15)6(16)4-2-10-5-7(11-4)12-9(14-18)13-8(5)17/h2-3,6,8-9,13-18H,1H3,(H,11,12). The van der Waals surface area contributed by atoms with Crippen LogP contribution in [0, 0.1) is 0 Å². The second-order valence-corrected chi connectivity index (χ2v) is 3.99. The molecule has 0 spiro atoms. The molecule has 4 atom stereocenters. The van der Waals surface area contributed by atoms with Crippen molar-refractivity contribution in [2.45, 2.75) is 31.6 Å². The molecule has 0 saturated carbocycles. The van der Waals surface area contributed by atoms with Crippen LogP contribution in [0.2, 0.25) is 0 Å². The van der Waals surface area contributed by atoms with E-state index in [1.165, 1.54) is 13.1 Å². The molecule has 1 aliphatic rings. The smallest absolute Gasteiger partial charge is 0.157 e. The van der Waals surface area contributed by atoms with E-state index in [1.807, 2.05) is 5.48 Å². The highest BCUT2D eigenvalue weighted by Crippen LogP contribution is 2.24. The van der Waals surface area contributed by atoms with Crippen molar-refractivity contribution in [2.75, 3.05) is 5.32 Å². The number of hydrogen-bond acceptors (Lipinski definition) is 9. The Morgan fingerprint density at radius 2 is 2.17 bits per heavy atom. The summed E-state index contributed by atoms with van der Waals surface area (Å²) in [6.45, 7) is 1.42. The quantitative estimate of drug-likeness (QED) is 0.311. The van der Waals surface area contributed by atoms with Crippen LogP contribution in [-0.2, 0) is 0 Å². The predicted molar refractivity (Wildman–Crippen MR) is 59.1 cm³/mol. The Hall–Kier alpha value is -1.36. The van der Waals surface area contributed by atoms with Gasteiger partial charge in [0.25, 0.3) is 0 Å². The van der Waals surface area contributed by atoms with Gasteiger partial charge in [-0.25, -0.2) is 4.98 Å². The Kier molecular flexibility index (Phi) is 3.71. The van der Waals surface area contributed by atoms with Gasteiger partial charge in [0.1, 0.15) is 11.8 Å². The third-order valence-corrected chi connectivity index (χ3v) is 2.57. The molecule has 0 fully saturated rings. The maximum Gasteiger partial charge on any atom is 0.157 e. The van der Waals surface area contributed by atoms with Crippen LogP contribution in [0.5, 0.6) is 0 Å². The molecule has 1 aromatic heterocycles. The SMILES string of the molecule is CC(O)C(O)c1cnc2c(n1)NC(NO)NC2O. The molecule has 1 aliphatic heterocycles. The molecular formula is C9H15N5O4. The zero-order valence-corrected chi connectivity index (χ0v) is 9.57. The van der Waals surface area contributed by atoms with Crippen molar-refractivity contribution in [3.05, 3.63) is 17.6 Å². The summed E-state index contributed by atoms with van der Waals surface area (Å²) < 4.78 is 0. The van der Waals surface area contributed by atoms with Crippen molar-refractivity contribution in [3.8, 4) is 0 Å². The average Bonchev–Trinajstić information content (AvgIpc) is 2.36. The van der Waals surface area contributed by atoms with E-state index in [2.05, 4.69) is 20.6 Å². The van der Waals surface area contributed by atoms with E-state index < -0.39 is 24.7 Å². The topological polar surface area (TPSA) is 143 Å². The van der Waals surface area contributed by atoms with Crippen LogP contribution in [0.4, 0.5) is 5.82 Å². The summed E-state index contributed by atoms with van der Waals surface area (Å²) in [4.78, 5) is 8.00. The number of hydrogen-bond donors (Lipinski definition) is 7. The number of anilines is 1. The summed E-state index contributed by atoms with van der Waals surface area (Å²) >= 11 is 0. The van der Waals surface area contributed by atoms with Gasteiger partial charge in [0.2, 0.25) is 0 Å². The highest BCUT2D eigenvalue weighted by molar-refractivity contribution is 5.44. The number of nitrogens with zero attached hydrogens (tertiary/aromatic N) is 2. The molecular weight excluding hydrogens is 242 g/mol. The molecule has 18 heavy (non-hydrogen) atoms. The lowest BCUT2D eigenvalue weighted by Crippen LogP contribution is -2.51. The van der Waals surface area contributed by atoms with E-state index in [-0.39, 0.29) is 17.2 Å². The molecule has 0 aliphatic carbocycles. The largest absolute Gasteiger partial charge is 0.390 e. The van der Waals surface area contributed by atoms with Gasteiger partial charge in [-0.1, -0.05) is 0 Å². The summed E-state index contributed by atoms with van der Waals surface area (Å²) in [6.07, 6.45) is -2.78. The Balaban J connectivity index is 2.31. The normalized spacial score (nSPS) is 26.1. The van der Waals surface area contributed by atoms with E-state index in [4.69, 9.17) is 5.21 Å².